The van der Waals surface area contributed by atoms with Gasteiger partial charge in [-0.05, 0) is 93.0 Å². The van der Waals surface area contributed by atoms with E-state index in [1.165, 1.54) is 111 Å². The third-order valence-electron chi connectivity index (χ3n) is 14.6. The molecule has 0 fully saturated rings. The van der Waals surface area contributed by atoms with Gasteiger partial charge in [0, 0.05) is 34.1 Å². The first-order valence-corrected chi connectivity index (χ1v) is 23.3. The van der Waals surface area contributed by atoms with Crippen molar-refractivity contribution in [2.24, 2.45) is 0 Å². The fourth-order valence-electron chi connectivity index (χ4n) is 9.77. The molecule has 0 aliphatic heterocycles. The van der Waals surface area contributed by atoms with Crippen molar-refractivity contribution in [3.63, 3.8) is 0 Å². The number of anilines is 6. The quantitative estimate of drug-likeness (QED) is 0.146. The molecule has 0 radical (unpaired) electrons. The van der Waals surface area contributed by atoms with E-state index in [0.717, 1.165) is 22.7 Å². The molecule has 12 heteroatoms. The molecule has 0 aromatic heterocycles. The van der Waals surface area contributed by atoms with Crippen molar-refractivity contribution < 1.29 is 0 Å². The molecule has 9 aromatic rings. The van der Waals surface area contributed by atoms with Crippen LogP contribution in [0.1, 0.15) is 0 Å². The lowest BCUT2D eigenvalue weighted by Crippen LogP contribution is -2.56. The summed E-state index contributed by atoms with van der Waals surface area (Å²) in [5, 5.41) is 0. The highest BCUT2D eigenvalue weighted by molar-refractivity contribution is 6.70. The van der Waals surface area contributed by atoms with Crippen LogP contribution in [0, 0.1) is 0 Å². The summed E-state index contributed by atoms with van der Waals surface area (Å²) in [6.07, 6.45) is 0. The third kappa shape index (κ3) is 8.35. The summed E-state index contributed by atoms with van der Waals surface area (Å²) in [5.74, 6) is 0. The summed E-state index contributed by atoms with van der Waals surface area (Å²) in [6, 6.07) is 66.4. The lowest BCUT2D eigenvalue weighted by molar-refractivity contribution is 1.31. The van der Waals surface area contributed by atoms with Crippen LogP contribution in [0.5, 0.6) is 0 Å². The minimum Gasteiger partial charge on any atom is -0.312 e. The molecule has 0 amide bonds. The smallest absolute Gasteiger partial charge is 0.141 e. The number of hydrogen-bond acceptors (Lipinski definition) is 2. The Morgan fingerprint density at radius 2 is 0.348 bits per heavy atom. The maximum Gasteiger partial charge on any atom is 0.141 e. The number of nitrogens with zero attached hydrogens (tertiary/aromatic N) is 2. The Morgan fingerprint density at radius 3 is 0.561 bits per heavy atom. The van der Waals surface area contributed by atoms with Crippen LogP contribution in [-0.4, -0.2) is 78.5 Å². The van der Waals surface area contributed by atoms with Crippen molar-refractivity contribution in [1.82, 2.24) is 0 Å². The first-order chi connectivity index (χ1) is 31.9. The van der Waals surface area contributed by atoms with Gasteiger partial charge in [0.05, 0.1) is 0 Å². The van der Waals surface area contributed by atoms with Crippen LogP contribution in [0.4, 0.5) is 34.1 Å². The molecule has 2 nitrogen and oxygen atoms in total. The van der Waals surface area contributed by atoms with Crippen LogP contribution in [-0.2, 0) is 0 Å². The van der Waals surface area contributed by atoms with Crippen molar-refractivity contribution in [3.8, 4) is 44.5 Å². The summed E-state index contributed by atoms with van der Waals surface area (Å²) in [5.41, 5.74) is 30.1. The number of benzene rings is 9. The topological polar surface area (TPSA) is 6.48 Å². The van der Waals surface area contributed by atoms with Gasteiger partial charge in [0.15, 0.2) is 0 Å². The van der Waals surface area contributed by atoms with E-state index in [-0.39, 0.29) is 0 Å². The molecule has 0 aliphatic rings. The van der Waals surface area contributed by atoms with Gasteiger partial charge < -0.3 is 9.80 Å². The van der Waals surface area contributed by atoms with E-state index in [0.29, 0.717) is 0 Å². The Morgan fingerprint density at radius 1 is 0.182 bits per heavy atom. The van der Waals surface area contributed by atoms with Crippen molar-refractivity contribution in [2.75, 3.05) is 9.80 Å². The highest BCUT2D eigenvalue weighted by Gasteiger charge is 2.22. The van der Waals surface area contributed by atoms with Crippen LogP contribution in [0.2, 0.25) is 0 Å². The molecule has 0 heterocycles. The monoisotopic (exact) mass is 836 g/mol. The molecule has 9 rings (SSSR count). The first kappa shape index (κ1) is 44.4. The van der Waals surface area contributed by atoms with Gasteiger partial charge in [-0.15, -0.1) is 10.9 Å². The molecule has 0 bridgehead atoms. The van der Waals surface area contributed by atoms with Gasteiger partial charge in [-0.1, -0.05) is 177 Å². The molecule has 306 valence electrons. The minimum absolute atomic E-state index is 1.14. The summed E-state index contributed by atoms with van der Waals surface area (Å²) in [6.45, 7) is 0. The lowest BCUT2D eigenvalue weighted by Gasteiger charge is -2.32. The second-order valence-corrected chi connectivity index (χ2v) is 18.1. The van der Waals surface area contributed by atoms with Crippen LogP contribution >= 0.6 is 0 Å². The van der Waals surface area contributed by atoms with E-state index in [1.807, 2.05) is 0 Å². The molecule has 0 spiro atoms. The molecule has 0 saturated heterocycles. The highest BCUT2D eigenvalue weighted by atomic mass is 15.2. The molecule has 9 aromatic carbocycles. The standard InChI is InChI=1S/C54H50B10N2/c55-43-45(57)49(61)53(50(62)46(43)58)65(39-23-15-35(16-24-39)31-7-3-1-4-8-31)41-27-19-37(20-28-41)33-11-13-34(14-12-33)38-21-29-42(30-22-38)66(54-51(63)47(59)44(56)48(60)52(54)64)40-25-17-36(18-26-40)32-9-5-2-6-10-32/h1-30H,55-64H2. The highest BCUT2D eigenvalue weighted by Crippen LogP contribution is 2.37. The van der Waals surface area contributed by atoms with E-state index < -0.39 is 0 Å². The molecule has 0 atom stereocenters. The van der Waals surface area contributed by atoms with Gasteiger partial charge >= 0.3 is 0 Å². The van der Waals surface area contributed by atoms with Crippen molar-refractivity contribution in [3.05, 3.63) is 182 Å². The maximum absolute atomic E-state index is 2.44. The molecule has 0 unspecified atom stereocenters. The summed E-state index contributed by atoms with van der Waals surface area (Å²) in [4.78, 5) is 4.89. The zero-order chi connectivity index (χ0) is 46.2. The Bertz CT molecular complexity index is 2920. The predicted molar refractivity (Wildman–Crippen MR) is 319 cm³/mol. The van der Waals surface area contributed by atoms with Gasteiger partial charge in [0.2, 0.25) is 0 Å². The van der Waals surface area contributed by atoms with E-state index in [9.17, 15) is 0 Å². The zero-order valence-electron chi connectivity index (χ0n) is 40.2. The van der Waals surface area contributed by atoms with Gasteiger partial charge in [0.25, 0.3) is 0 Å². The summed E-state index contributed by atoms with van der Waals surface area (Å²) < 4.78 is 0. The normalized spacial score (nSPS) is 11.0. The van der Waals surface area contributed by atoms with Crippen LogP contribution in [0.25, 0.3) is 44.5 Å². The molecular formula is C54H50B10N2. The SMILES string of the molecule is Bc1c(B)c(B)c(N(c2ccc(-c3ccccc3)cc2)c2ccc(-c3ccc(-c4ccc(N(c5ccc(-c6ccccc6)cc5)c5c(B)c(B)c(B)c(B)c5B)cc4)cc3)cc2)c(B)c1B. The van der Waals surface area contributed by atoms with Gasteiger partial charge in [-0.3, -0.25) is 0 Å². The van der Waals surface area contributed by atoms with Crippen LogP contribution in [0.3, 0.4) is 0 Å². The molecule has 0 aliphatic carbocycles. The number of rotatable bonds is 10. The molecule has 66 heavy (non-hydrogen) atoms. The first-order valence-electron chi connectivity index (χ1n) is 23.3. The van der Waals surface area contributed by atoms with E-state index >= 15 is 0 Å². The second kappa shape index (κ2) is 18.6. The summed E-state index contributed by atoms with van der Waals surface area (Å²) in [7, 11) is 22.6. The van der Waals surface area contributed by atoms with Crippen molar-refractivity contribution in [1.29, 1.82) is 0 Å². The van der Waals surface area contributed by atoms with E-state index in [1.54, 1.807) is 0 Å². The third-order valence-corrected chi connectivity index (χ3v) is 14.6. The lowest BCUT2D eigenvalue weighted by atomic mass is 9.61. The molecule has 0 N–H and O–H groups in total. The molecular weight excluding hydrogens is 785 g/mol. The zero-order valence-corrected chi connectivity index (χ0v) is 40.2. The Hall–Kier alpha value is -6.77. The largest absolute Gasteiger partial charge is 0.312 e. The maximum atomic E-state index is 2.44. The Labute approximate surface area is 401 Å². The second-order valence-electron chi connectivity index (χ2n) is 18.1. The van der Waals surface area contributed by atoms with Gasteiger partial charge in [0.1, 0.15) is 78.5 Å². The fraction of sp³-hybridized carbons (Fsp3) is 0. The predicted octanol–water partition coefficient (Wildman–Crippen LogP) is -2.12. The Balaban J connectivity index is 1.02. The van der Waals surface area contributed by atoms with Crippen LogP contribution in [0.15, 0.2) is 182 Å². The summed E-state index contributed by atoms with van der Waals surface area (Å²) >= 11 is 0. The van der Waals surface area contributed by atoms with Gasteiger partial charge in [-0.2, -0.15) is 0 Å². The van der Waals surface area contributed by atoms with E-state index in [4.69, 9.17) is 0 Å². The number of hydrogen-bond donors (Lipinski definition) is 0. The average molecular weight is 835 g/mol. The van der Waals surface area contributed by atoms with E-state index in [2.05, 4.69) is 270 Å². The van der Waals surface area contributed by atoms with Gasteiger partial charge in [-0.25, -0.2) is 0 Å². The molecule has 0 saturated carbocycles. The Kier molecular flexibility index (Phi) is 12.5. The average Bonchev–Trinajstić information content (AvgIpc) is 3.37. The fourth-order valence-corrected chi connectivity index (χ4v) is 9.77. The van der Waals surface area contributed by atoms with Crippen molar-refractivity contribution in [2.45, 2.75) is 0 Å². The van der Waals surface area contributed by atoms with Crippen molar-refractivity contribution >= 4 is 167 Å². The minimum atomic E-state index is 1.14. The van der Waals surface area contributed by atoms with Crippen LogP contribution < -0.4 is 64.4 Å².